The topological polar surface area (TPSA) is 49.8 Å². The Hall–Kier alpha value is -3.91. The van der Waals surface area contributed by atoms with Gasteiger partial charge in [-0.1, -0.05) is 54.6 Å². The van der Waals surface area contributed by atoms with Crippen LogP contribution < -0.4 is 51.0 Å². The number of benzene rings is 4. The molecule has 0 aliphatic carbocycles. The van der Waals surface area contributed by atoms with Gasteiger partial charge in [-0.2, -0.15) is 0 Å². The van der Waals surface area contributed by atoms with Crippen molar-refractivity contribution in [3.63, 3.8) is 0 Å². The van der Waals surface area contributed by atoms with Crippen molar-refractivity contribution in [2.75, 3.05) is 28.4 Å². The molecular weight excluding hydrogens is 536 g/mol. The van der Waals surface area contributed by atoms with Gasteiger partial charge in [0.2, 0.25) is 0 Å². The van der Waals surface area contributed by atoms with E-state index in [-0.39, 0.29) is 0 Å². The first kappa shape index (κ1) is 27.6. The van der Waals surface area contributed by atoms with Gasteiger partial charge in [0.15, 0.2) is 0 Å². The van der Waals surface area contributed by atoms with Crippen LogP contribution in [0.25, 0.3) is 0 Å². The lowest BCUT2D eigenvalue weighted by Crippen LogP contribution is -2.30. The Morgan fingerprint density at radius 1 is 0.375 bits per heavy atom. The van der Waals surface area contributed by atoms with Crippen molar-refractivity contribution < 1.29 is 18.9 Å². The lowest BCUT2D eigenvalue weighted by atomic mass is 10.3. The van der Waals surface area contributed by atoms with Crippen LogP contribution in [-0.2, 0) is 0 Å². The van der Waals surface area contributed by atoms with Crippen LogP contribution in [0.2, 0.25) is 0 Å². The molecule has 0 atom stereocenters. The van der Waals surface area contributed by atoms with E-state index >= 15 is 0 Å². The van der Waals surface area contributed by atoms with Crippen LogP contribution >= 0.6 is 15.8 Å². The Kier molecular flexibility index (Phi) is 8.96. The maximum Gasteiger partial charge on any atom is 0.118 e. The van der Waals surface area contributed by atoms with E-state index < -0.39 is 15.8 Å². The van der Waals surface area contributed by atoms with E-state index in [0.29, 0.717) is 0 Å². The molecule has 7 heteroatoms. The van der Waals surface area contributed by atoms with Crippen molar-refractivity contribution in [2.24, 2.45) is 0 Å². The smallest absolute Gasteiger partial charge is 0.118 e. The molecule has 0 saturated carbocycles. The van der Waals surface area contributed by atoms with Gasteiger partial charge in [-0.25, -0.2) is 4.98 Å². The molecule has 0 saturated heterocycles. The third-order valence-corrected chi connectivity index (χ3v) is 11.2. The van der Waals surface area contributed by atoms with Gasteiger partial charge in [0.1, 0.15) is 23.0 Å². The molecule has 1 heterocycles. The summed E-state index contributed by atoms with van der Waals surface area (Å²) in [6.45, 7) is 0. The van der Waals surface area contributed by atoms with E-state index in [1.807, 2.05) is 48.5 Å². The van der Waals surface area contributed by atoms with Crippen LogP contribution in [0.1, 0.15) is 0 Å². The fourth-order valence-corrected chi connectivity index (χ4v) is 8.82. The van der Waals surface area contributed by atoms with Gasteiger partial charge >= 0.3 is 0 Å². The van der Waals surface area contributed by atoms with E-state index in [9.17, 15) is 0 Å². The molecule has 202 valence electrons. The highest BCUT2D eigenvalue weighted by Gasteiger charge is 2.23. The summed E-state index contributed by atoms with van der Waals surface area (Å²) in [5.41, 5.74) is 2.08. The lowest BCUT2D eigenvalue weighted by Gasteiger charge is -2.23. The largest absolute Gasteiger partial charge is 0.497 e. The summed E-state index contributed by atoms with van der Waals surface area (Å²) >= 11 is 0. The third kappa shape index (κ3) is 6.12. The average Bonchev–Trinajstić information content (AvgIpc) is 3.03. The van der Waals surface area contributed by atoms with Crippen molar-refractivity contribution in [1.29, 1.82) is 0 Å². The van der Waals surface area contributed by atoms with Crippen LogP contribution in [0.15, 0.2) is 115 Å². The number of rotatable bonds is 10. The molecule has 0 fully saturated rings. The van der Waals surface area contributed by atoms with Gasteiger partial charge in [-0.15, -0.1) is 0 Å². The predicted octanol–water partition coefficient (Wildman–Crippen LogP) is 4.63. The Balaban J connectivity index is 1.63. The normalized spacial score (nSPS) is 10.9. The number of ether oxygens (including phenoxy) is 4. The van der Waals surface area contributed by atoms with Crippen LogP contribution in [0.4, 0.5) is 0 Å². The molecule has 0 radical (unpaired) electrons. The standard InChI is InChI=1S/C33H31NO4P2/c1-35-24-8-16-28(17-9-24)39(29-18-10-25(36-2)11-19-29)32-6-5-7-33(34-32)40(30-20-12-26(37-3)13-21-30)31-22-14-27(38-4)15-23-31/h5-23H,1-4H3. The second-order valence-electron chi connectivity index (χ2n) is 8.82. The first-order valence-electron chi connectivity index (χ1n) is 12.8. The van der Waals surface area contributed by atoms with Crippen LogP contribution in [0, 0.1) is 0 Å². The molecule has 0 unspecified atom stereocenters. The maximum absolute atomic E-state index is 5.43. The van der Waals surface area contributed by atoms with Gasteiger partial charge < -0.3 is 18.9 Å². The Morgan fingerprint density at radius 2 is 0.625 bits per heavy atom. The second-order valence-corrected chi connectivity index (χ2v) is 13.1. The molecule has 0 bridgehead atoms. The molecule has 0 amide bonds. The molecule has 0 N–H and O–H groups in total. The number of methoxy groups -OCH3 is 4. The molecule has 5 nitrogen and oxygen atoms in total. The molecule has 4 aromatic carbocycles. The van der Waals surface area contributed by atoms with Crippen LogP contribution in [-0.4, -0.2) is 33.4 Å². The molecule has 0 aliphatic heterocycles. The third-order valence-electron chi connectivity index (χ3n) is 6.50. The molecule has 5 rings (SSSR count). The van der Waals surface area contributed by atoms with E-state index in [1.165, 1.54) is 21.2 Å². The molecular formula is C33H31NO4P2. The summed E-state index contributed by atoms with van der Waals surface area (Å²) in [4.78, 5) is 5.38. The summed E-state index contributed by atoms with van der Waals surface area (Å²) in [5, 5.41) is 4.79. The average molecular weight is 568 g/mol. The highest BCUT2D eigenvalue weighted by molar-refractivity contribution is 7.80. The molecule has 40 heavy (non-hydrogen) atoms. The summed E-state index contributed by atoms with van der Waals surface area (Å²) in [7, 11) is 4.90. The predicted molar refractivity (Wildman–Crippen MR) is 168 cm³/mol. The van der Waals surface area contributed by atoms with Crippen molar-refractivity contribution in [2.45, 2.75) is 0 Å². The zero-order chi connectivity index (χ0) is 27.9. The number of pyridine rings is 1. The Morgan fingerprint density at radius 3 is 0.850 bits per heavy atom. The summed E-state index contributed by atoms with van der Waals surface area (Å²) in [6.07, 6.45) is 0. The minimum Gasteiger partial charge on any atom is -0.497 e. The van der Waals surface area contributed by atoms with E-state index in [4.69, 9.17) is 23.9 Å². The lowest BCUT2D eigenvalue weighted by molar-refractivity contribution is 0.415. The van der Waals surface area contributed by atoms with E-state index in [2.05, 4.69) is 66.7 Å². The molecule has 5 aromatic rings. The maximum atomic E-state index is 5.43. The SMILES string of the molecule is COc1ccc(P(c2ccc(OC)cc2)c2cccc(P(c3ccc(OC)cc3)c3ccc(OC)cc3)n2)cc1. The monoisotopic (exact) mass is 567 g/mol. The van der Waals surface area contributed by atoms with Gasteiger partial charge in [0.05, 0.1) is 39.3 Å². The number of aromatic nitrogens is 1. The zero-order valence-corrected chi connectivity index (χ0v) is 24.7. The number of hydrogen-bond donors (Lipinski definition) is 0. The summed E-state index contributed by atoms with van der Waals surface area (Å²) in [5.74, 6) is 3.32. The quantitative estimate of drug-likeness (QED) is 0.231. The molecule has 0 aliphatic rings. The van der Waals surface area contributed by atoms with Gasteiger partial charge in [-0.05, 0) is 81.9 Å². The summed E-state index contributed by atoms with van der Waals surface area (Å²) in [6, 6.07) is 39.6. The number of hydrogen-bond acceptors (Lipinski definition) is 5. The highest BCUT2D eigenvalue weighted by atomic mass is 31.1. The van der Waals surface area contributed by atoms with Crippen molar-refractivity contribution in [1.82, 2.24) is 4.98 Å². The molecule has 0 spiro atoms. The minimum atomic E-state index is -0.927. The molecule has 1 aromatic heterocycles. The van der Waals surface area contributed by atoms with Crippen molar-refractivity contribution in [3.8, 4) is 23.0 Å². The fourth-order valence-electron chi connectivity index (χ4n) is 4.41. The van der Waals surface area contributed by atoms with E-state index in [0.717, 1.165) is 33.9 Å². The minimum absolute atomic E-state index is 0.831. The van der Waals surface area contributed by atoms with Gasteiger partial charge in [0, 0.05) is 15.8 Å². The van der Waals surface area contributed by atoms with Crippen LogP contribution in [0.5, 0.6) is 23.0 Å². The fraction of sp³-hybridized carbons (Fsp3) is 0.121. The number of nitrogens with zero attached hydrogens (tertiary/aromatic N) is 1. The first-order valence-corrected chi connectivity index (χ1v) is 15.5. The van der Waals surface area contributed by atoms with Crippen molar-refractivity contribution >= 4 is 47.9 Å². The van der Waals surface area contributed by atoms with Crippen molar-refractivity contribution in [3.05, 3.63) is 115 Å². The Labute approximate surface area is 238 Å². The van der Waals surface area contributed by atoms with Gasteiger partial charge in [-0.3, -0.25) is 0 Å². The van der Waals surface area contributed by atoms with Crippen LogP contribution in [0.3, 0.4) is 0 Å². The zero-order valence-electron chi connectivity index (χ0n) is 22.9. The first-order chi connectivity index (χ1) is 19.6. The Bertz CT molecular complexity index is 1310. The summed E-state index contributed by atoms with van der Waals surface area (Å²) < 4.78 is 21.7. The highest BCUT2D eigenvalue weighted by Crippen LogP contribution is 2.36. The second kappa shape index (κ2) is 13.0. The van der Waals surface area contributed by atoms with Gasteiger partial charge in [0.25, 0.3) is 0 Å². The van der Waals surface area contributed by atoms with E-state index in [1.54, 1.807) is 28.4 Å².